The van der Waals surface area contributed by atoms with Crippen molar-refractivity contribution in [2.75, 3.05) is 0 Å². The summed E-state index contributed by atoms with van der Waals surface area (Å²) in [4.78, 5) is 0. The van der Waals surface area contributed by atoms with Gasteiger partial charge >= 0.3 is 0 Å². The van der Waals surface area contributed by atoms with Crippen molar-refractivity contribution in [2.24, 2.45) is 0 Å². The molecule has 94 valence electrons. The van der Waals surface area contributed by atoms with Crippen LogP contribution in [0.1, 0.15) is 16.7 Å². The second-order valence-corrected chi connectivity index (χ2v) is 4.64. The molecule has 0 aromatic heterocycles. The Morgan fingerprint density at radius 3 is 2.35 bits per heavy atom. The fourth-order valence-electron chi connectivity index (χ4n) is 2.24. The van der Waals surface area contributed by atoms with Crippen molar-refractivity contribution in [1.82, 2.24) is 0 Å². The monoisotopic (exact) mass is 255 g/mol. The second-order valence-electron chi connectivity index (χ2n) is 4.64. The third-order valence-corrected chi connectivity index (χ3v) is 3.31. The summed E-state index contributed by atoms with van der Waals surface area (Å²) in [6.45, 7) is 0. The molecule has 0 heterocycles. The maximum absolute atomic E-state index is 9.07. The van der Waals surface area contributed by atoms with Crippen LogP contribution < -0.4 is 0 Å². The fraction of sp³-hybridized carbons (Fsp3) is 0. The number of fused-ring (bicyclic) bond motifs is 1. The van der Waals surface area contributed by atoms with Gasteiger partial charge in [0.05, 0.1) is 11.6 Å². The van der Waals surface area contributed by atoms with Crippen LogP contribution >= 0.6 is 0 Å². The zero-order chi connectivity index (χ0) is 13.8. The average Bonchev–Trinajstić information content (AvgIpc) is 2.53. The Balaban J connectivity index is 1.96. The molecule has 0 amide bonds. The summed E-state index contributed by atoms with van der Waals surface area (Å²) in [6, 6.07) is 24.5. The van der Waals surface area contributed by atoms with Gasteiger partial charge in [0.1, 0.15) is 0 Å². The Labute approximate surface area is 118 Å². The summed E-state index contributed by atoms with van der Waals surface area (Å²) in [6.07, 6.45) is 4.03. The van der Waals surface area contributed by atoms with Gasteiger partial charge < -0.3 is 0 Å². The average molecular weight is 255 g/mol. The van der Waals surface area contributed by atoms with E-state index in [0.29, 0.717) is 5.56 Å². The Hall–Kier alpha value is -2.85. The zero-order valence-electron chi connectivity index (χ0n) is 11.0. The molecule has 0 aliphatic heterocycles. The van der Waals surface area contributed by atoms with Crippen molar-refractivity contribution in [3.8, 4) is 6.07 Å². The number of benzene rings is 3. The molecule has 0 N–H and O–H groups in total. The van der Waals surface area contributed by atoms with Gasteiger partial charge in [-0.25, -0.2) is 0 Å². The smallest absolute Gasteiger partial charge is 0.0997 e. The van der Waals surface area contributed by atoms with Crippen LogP contribution in [0, 0.1) is 11.3 Å². The number of hydrogen-bond donors (Lipinski definition) is 0. The van der Waals surface area contributed by atoms with Crippen LogP contribution in [0.4, 0.5) is 0 Å². The number of rotatable bonds is 2. The van der Waals surface area contributed by atoms with E-state index in [0.717, 1.165) is 11.1 Å². The Kier molecular flexibility index (Phi) is 3.31. The lowest BCUT2D eigenvalue weighted by molar-refractivity contribution is 1.47. The molecule has 1 heteroatoms. The molecular weight excluding hydrogens is 242 g/mol. The standard InChI is InChI=1S/C19H13N/c20-14-19-8-4-2-6-17(19)12-10-15-9-11-16-5-1-3-7-18(16)13-15/h1-13H. The van der Waals surface area contributed by atoms with Crippen LogP contribution in [0.2, 0.25) is 0 Å². The molecule has 0 fully saturated rings. The minimum atomic E-state index is 0.699. The van der Waals surface area contributed by atoms with E-state index in [4.69, 9.17) is 5.26 Å². The van der Waals surface area contributed by atoms with Crippen molar-refractivity contribution in [3.63, 3.8) is 0 Å². The number of hydrogen-bond acceptors (Lipinski definition) is 1. The molecule has 0 radical (unpaired) electrons. The van der Waals surface area contributed by atoms with Crippen molar-refractivity contribution in [3.05, 3.63) is 83.4 Å². The molecule has 20 heavy (non-hydrogen) atoms. The molecule has 3 rings (SSSR count). The summed E-state index contributed by atoms with van der Waals surface area (Å²) in [5.74, 6) is 0. The topological polar surface area (TPSA) is 23.8 Å². The predicted molar refractivity (Wildman–Crippen MR) is 84.0 cm³/mol. The van der Waals surface area contributed by atoms with E-state index in [1.54, 1.807) is 0 Å². The normalized spacial score (nSPS) is 10.8. The molecule has 0 aliphatic carbocycles. The van der Waals surface area contributed by atoms with E-state index in [9.17, 15) is 0 Å². The van der Waals surface area contributed by atoms with Gasteiger partial charge in [-0.2, -0.15) is 5.26 Å². The summed E-state index contributed by atoms with van der Waals surface area (Å²) in [7, 11) is 0. The SMILES string of the molecule is N#Cc1ccccc1C=Cc1ccc2ccccc2c1. The first-order valence-corrected chi connectivity index (χ1v) is 6.53. The van der Waals surface area contributed by atoms with Gasteiger partial charge in [-0.3, -0.25) is 0 Å². The highest BCUT2D eigenvalue weighted by Crippen LogP contribution is 2.18. The van der Waals surface area contributed by atoms with Crippen LogP contribution in [0.15, 0.2) is 66.7 Å². The maximum Gasteiger partial charge on any atom is 0.0997 e. The highest BCUT2D eigenvalue weighted by atomic mass is 14.2. The lowest BCUT2D eigenvalue weighted by Crippen LogP contribution is -1.80. The summed E-state index contributed by atoms with van der Waals surface area (Å²) >= 11 is 0. The number of nitrogens with zero attached hydrogens (tertiary/aromatic N) is 1. The molecule has 0 spiro atoms. The van der Waals surface area contributed by atoms with Crippen LogP contribution in [0.25, 0.3) is 22.9 Å². The van der Waals surface area contributed by atoms with Crippen LogP contribution in [-0.2, 0) is 0 Å². The lowest BCUT2D eigenvalue weighted by atomic mass is 10.0. The molecule has 0 saturated heterocycles. The van der Waals surface area contributed by atoms with Gasteiger partial charge in [-0.1, -0.05) is 66.7 Å². The molecule has 0 unspecified atom stereocenters. The van der Waals surface area contributed by atoms with Gasteiger partial charge in [0.25, 0.3) is 0 Å². The van der Waals surface area contributed by atoms with E-state index < -0.39 is 0 Å². The van der Waals surface area contributed by atoms with Crippen molar-refractivity contribution in [1.29, 1.82) is 5.26 Å². The Bertz CT molecular complexity index is 822. The van der Waals surface area contributed by atoms with Gasteiger partial charge in [0.2, 0.25) is 0 Å². The van der Waals surface area contributed by atoms with Crippen LogP contribution in [-0.4, -0.2) is 0 Å². The molecule has 1 nitrogen and oxygen atoms in total. The highest BCUT2D eigenvalue weighted by Gasteiger charge is 1.97. The second kappa shape index (κ2) is 5.42. The first kappa shape index (κ1) is 12.2. The fourth-order valence-corrected chi connectivity index (χ4v) is 2.24. The third kappa shape index (κ3) is 2.46. The summed E-state index contributed by atoms with van der Waals surface area (Å²) in [5.41, 5.74) is 2.78. The molecule has 0 saturated carbocycles. The van der Waals surface area contributed by atoms with Gasteiger partial charge in [-0.05, 0) is 34.0 Å². The zero-order valence-corrected chi connectivity index (χ0v) is 11.0. The number of nitriles is 1. The molecule has 3 aromatic carbocycles. The van der Waals surface area contributed by atoms with Crippen molar-refractivity contribution >= 4 is 22.9 Å². The highest BCUT2D eigenvalue weighted by molar-refractivity contribution is 5.86. The van der Waals surface area contributed by atoms with Gasteiger partial charge in [-0.15, -0.1) is 0 Å². The minimum absolute atomic E-state index is 0.699. The quantitative estimate of drug-likeness (QED) is 0.598. The Morgan fingerprint density at radius 1 is 0.750 bits per heavy atom. The predicted octanol–water partition coefficient (Wildman–Crippen LogP) is 4.88. The molecule has 0 atom stereocenters. The van der Waals surface area contributed by atoms with Gasteiger partial charge in [0, 0.05) is 0 Å². The largest absolute Gasteiger partial charge is 0.192 e. The van der Waals surface area contributed by atoms with E-state index in [1.807, 2.05) is 48.6 Å². The van der Waals surface area contributed by atoms with Gasteiger partial charge in [0.15, 0.2) is 0 Å². The van der Waals surface area contributed by atoms with E-state index >= 15 is 0 Å². The first-order chi connectivity index (χ1) is 9.86. The van der Waals surface area contributed by atoms with E-state index in [1.165, 1.54) is 10.8 Å². The summed E-state index contributed by atoms with van der Waals surface area (Å²) in [5, 5.41) is 11.5. The van der Waals surface area contributed by atoms with Crippen LogP contribution in [0.5, 0.6) is 0 Å². The van der Waals surface area contributed by atoms with Crippen LogP contribution in [0.3, 0.4) is 0 Å². The Morgan fingerprint density at radius 2 is 1.50 bits per heavy atom. The summed E-state index contributed by atoms with van der Waals surface area (Å²) < 4.78 is 0. The van der Waals surface area contributed by atoms with Crippen molar-refractivity contribution in [2.45, 2.75) is 0 Å². The first-order valence-electron chi connectivity index (χ1n) is 6.53. The third-order valence-electron chi connectivity index (χ3n) is 3.31. The molecule has 0 bridgehead atoms. The van der Waals surface area contributed by atoms with Crippen molar-refractivity contribution < 1.29 is 0 Å². The van der Waals surface area contributed by atoms with E-state index in [-0.39, 0.29) is 0 Å². The molecule has 0 aliphatic rings. The lowest BCUT2D eigenvalue weighted by Gasteiger charge is -2.00. The maximum atomic E-state index is 9.07. The molecular formula is C19H13N. The van der Waals surface area contributed by atoms with E-state index in [2.05, 4.69) is 36.4 Å². The molecule has 3 aromatic rings. The minimum Gasteiger partial charge on any atom is -0.192 e.